The largest absolute Gasteiger partial charge is 0.461 e. The molecule has 21 heavy (non-hydrogen) atoms. The lowest BCUT2D eigenvalue weighted by molar-refractivity contribution is -0.152. The van der Waals surface area contributed by atoms with Gasteiger partial charge in [0, 0.05) is 0 Å². The minimum absolute atomic E-state index is 0.0192. The molecular weight excluding hydrogens is 276 g/mol. The number of nitrogen functional groups attached to an aromatic ring is 1. The van der Waals surface area contributed by atoms with Crippen LogP contribution in [0.1, 0.15) is 57.6 Å². The molecule has 0 amide bonds. The maximum atomic E-state index is 11.9. The second-order valence-corrected chi connectivity index (χ2v) is 5.05. The van der Waals surface area contributed by atoms with Gasteiger partial charge in [0.25, 0.3) is 0 Å². The van der Waals surface area contributed by atoms with Crippen molar-refractivity contribution in [2.24, 2.45) is 0 Å². The lowest BCUT2D eigenvalue weighted by Crippen LogP contribution is -2.25. The third-order valence-electron chi connectivity index (χ3n) is 2.87. The van der Waals surface area contributed by atoms with Gasteiger partial charge in [-0.15, -0.1) is 5.10 Å². The van der Waals surface area contributed by atoms with Crippen molar-refractivity contribution >= 4 is 17.8 Å². The summed E-state index contributed by atoms with van der Waals surface area (Å²) in [4.78, 5) is 23.7. The van der Waals surface area contributed by atoms with E-state index in [2.05, 4.69) is 10.3 Å². The standard InChI is InChI=1S/C13H22N4O4/c1-6-8(4)21-12(18)9(5)17-11(14)10(15-16-17)13(19)20-7(2)3/h7-9H,6,14H2,1-5H3. The summed E-state index contributed by atoms with van der Waals surface area (Å²) in [7, 11) is 0. The van der Waals surface area contributed by atoms with Crippen LogP contribution in [-0.4, -0.2) is 39.1 Å². The molecule has 118 valence electrons. The molecule has 2 atom stereocenters. The molecule has 0 fully saturated rings. The average molecular weight is 298 g/mol. The van der Waals surface area contributed by atoms with Crippen LogP contribution in [0, 0.1) is 0 Å². The van der Waals surface area contributed by atoms with Crippen LogP contribution in [0.25, 0.3) is 0 Å². The molecule has 0 aliphatic carbocycles. The number of carbonyl (C=O) groups is 2. The van der Waals surface area contributed by atoms with Crippen LogP contribution < -0.4 is 5.73 Å². The van der Waals surface area contributed by atoms with Gasteiger partial charge in [-0.05, 0) is 34.1 Å². The summed E-state index contributed by atoms with van der Waals surface area (Å²) < 4.78 is 11.4. The van der Waals surface area contributed by atoms with Crippen LogP contribution in [0.15, 0.2) is 0 Å². The molecule has 2 unspecified atom stereocenters. The van der Waals surface area contributed by atoms with Gasteiger partial charge in [0.2, 0.25) is 5.69 Å². The molecule has 0 saturated carbocycles. The Balaban J connectivity index is 2.88. The Hall–Kier alpha value is -2.12. The number of hydrogen-bond acceptors (Lipinski definition) is 7. The maximum Gasteiger partial charge on any atom is 0.363 e. The topological polar surface area (TPSA) is 109 Å². The fourth-order valence-electron chi connectivity index (χ4n) is 1.48. The number of rotatable bonds is 6. The molecule has 1 heterocycles. The van der Waals surface area contributed by atoms with Gasteiger partial charge in [-0.2, -0.15) is 0 Å². The summed E-state index contributed by atoms with van der Waals surface area (Å²) in [6, 6.07) is -0.771. The smallest absolute Gasteiger partial charge is 0.363 e. The zero-order valence-corrected chi connectivity index (χ0v) is 13.0. The van der Waals surface area contributed by atoms with Crippen molar-refractivity contribution in [3.63, 3.8) is 0 Å². The van der Waals surface area contributed by atoms with Gasteiger partial charge in [0.15, 0.2) is 11.9 Å². The summed E-state index contributed by atoms with van der Waals surface area (Å²) >= 11 is 0. The number of ether oxygens (including phenoxy) is 2. The molecule has 8 heteroatoms. The Labute approximate surface area is 123 Å². The quantitative estimate of drug-likeness (QED) is 0.789. The van der Waals surface area contributed by atoms with Gasteiger partial charge in [-0.3, -0.25) is 0 Å². The number of anilines is 1. The van der Waals surface area contributed by atoms with Gasteiger partial charge >= 0.3 is 11.9 Å². The molecule has 0 aliphatic heterocycles. The molecule has 0 saturated heterocycles. The third kappa shape index (κ3) is 4.17. The molecule has 0 aromatic carbocycles. The molecule has 1 rings (SSSR count). The molecule has 8 nitrogen and oxygen atoms in total. The van der Waals surface area contributed by atoms with E-state index in [1.54, 1.807) is 27.7 Å². The van der Waals surface area contributed by atoms with Gasteiger partial charge in [-0.25, -0.2) is 14.3 Å². The second-order valence-electron chi connectivity index (χ2n) is 5.05. The van der Waals surface area contributed by atoms with Crippen molar-refractivity contribution in [3.05, 3.63) is 5.69 Å². The van der Waals surface area contributed by atoms with Gasteiger partial charge < -0.3 is 15.2 Å². The average Bonchev–Trinajstić information content (AvgIpc) is 2.78. The summed E-state index contributed by atoms with van der Waals surface area (Å²) in [5, 5.41) is 7.42. The Bertz CT molecular complexity index is 512. The monoisotopic (exact) mass is 298 g/mol. The molecular formula is C13H22N4O4. The molecule has 2 N–H and O–H groups in total. The fourth-order valence-corrected chi connectivity index (χ4v) is 1.48. The molecule has 0 bridgehead atoms. The maximum absolute atomic E-state index is 11.9. The predicted molar refractivity (Wildman–Crippen MR) is 75.5 cm³/mol. The van der Waals surface area contributed by atoms with Crippen molar-refractivity contribution in [2.75, 3.05) is 5.73 Å². The van der Waals surface area contributed by atoms with Crippen LogP contribution >= 0.6 is 0 Å². The van der Waals surface area contributed by atoms with E-state index in [9.17, 15) is 9.59 Å². The Morgan fingerprint density at radius 1 is 1.24 bits per heavy atom. The highest BCUT2D eigenvalue weighted by Gasteiger charge is 2.26. The van der Waals surface area contributed by atoms with Crippen molar-refractivity contribution in [3.8, 4) is 0 Å². The van der Waals surface area contributed by atoms with Gasteiger partial charge in [0.1, 0.15) is 0 Å². The highest BCUT2D eigenvalue weighted by Crippen LogP contribution is 2.17. The van der Waals surface area contributed by atoms with Crippen LogP contribution in [0.3, 0.4) is 0 Å². The molecule has 0 radical (unpaired) electrons. The van der Waals surface area contributed by atoms with Crippen molar-refractivity contribution in [1.29, 1.82) is 0 Å². The van der Waals surface area contributed by atoms with E-state index in [-0.39, 0.29) is 23.7 Å². The second kappa shape index (κ2) is 7.05. The molecule has 1 aromatic rings. The van der Waals surface area contributed by atoms with Crippen LogP contribution in [-0.2, 0) is 14.3 Å². The number of carbonyl (C=O) groups excluding carboxylic acids is 2. The minimum atomic E-state index is -0.771. The van der Waals surface area contributed by atoms with Crippen LogP contribution in [0.5, 0.6) is 0 Å². The lowest BCUT2D eigenvalue weighted by Gasteiger charge is -2.16. The Kier molecular flexibility index (Phi) is 5.69. The third-order valence-corrected chi connectivity index (χ3v) is 2.87. The van der Waals surface area contributed by atoms with E-state index in [0.717, 1.165) is 4.68 Å². The highest BCUT2D eigenvalue weighted by atomic mass is 16.5. The molecule has 0 aliphatic rings. The van der Waals surface area contributed by atoms with E-state index >= 15 is 0 Å². The number of aromatic nitrogens is 3. The van der Waals surface area contributed by atoms with Crippen molar-refractivity contribution < 1.29 is 19.1 Å². The number of nitrogens with zero attached hydrogens (tertiary/aromatic N) is 3. The SMILES string of the molecule is CCC(C)OC(=O)C(C)n1nnc(C(=O)OC(C)C)c1N. The van der Waals surface area contributed by atoms with Gasteiger partial charge in [-0.1, -0.05) is 12.1 Å². The predicted octanol–water partition coefficient (Wildman–Crippen LogP) is 1.33. The minimum Gasteiger partial charge on any atom is -0.461 e. The number of esters is 2. The Morgan fingerprint density at radius 3 is 2.38 bits per heavy atom. The van der Waals surface area contributed by atoms with E-state index in [1.807, 2.05) is 6.92 Å². The number of hydrogen-bond donors (Lipinski definition) is 1. The van der Waals surface area contributed by atoms with E-state index < -0.39 is 18.0 Å². The van der Waals surface area contributed by atoms with E-state index in [1.165, 1.54) is 0 Å². The highest BCUT2D eigenvalue weighted by molar-refractivity contribution is 5.92. The van der Waals surface area contributed by atoms with Crippen molar-refractivity contribution in [2.45, 2.75) is 59.3 Å². The first kappa shape index (κ1) is 16.9. The molecule has 1 aromatic heterocycles. The first-order valence-corrected chi connectivity index (χ1v) is 6.90. The van der Waals surface area contributed by atoms with Crippen molar-refractivity contribution in [1.82, 2.24) is 15.0 Å². The normalized spacial score (nSPS) is 13.8. The molecule has 0 spiro atoms. The Morgan fingerprint density at radius 2 is 1.86 bits per heavy atom. The lowest BCUT2D eigenvalue weighted by atomic mass is 10.3. The van der Waals surface area contributed by atoms with E-state index in [4.69, 9.17) is 15.2 Å². The summed E-state index contributed by atoms with van der Waals surface area (Å²) in [5.41, 5.74) is 5.71. The summed E-state index contributed by atoms with van der Waals surface area (Å²) in [6.07, 6.45) is 0.210. The number of nitrogens with two attached hydrogens (primary N) is 1. The first-order chi connectivity index (χ1) is 9.77. The first-order valence-electron chi connectivity index (χ1n) is 6.90. The summed E-state index contributed by atoms with van der Waals surface area (Å²) in [5.74, 6) is -1.17. The van der Waals surface area contributed by atoms with Gasteiger partial charge in [0.05, 0.1) is 12.2 Å². The fraction of sp³-hybridized carbons (Fsp3) is 0.692. The zero-order valence-electron chi connectivity index (χ0n) is 13.0. The zero-order chi connectivity index (χ0) is 16.2. The van der Waals surface area contributed by atoms with E-state index in [0.29, 0.717) is 6.42 Å². The van der Waals surface area contributed by atoms with Crippen LogP contribution in [0.4, 0.5) is 5.82 Å². The summed E-state index contributed by atoms with van der Waals surface area (Å²) in [6.45, 7) is 8.70. The van der Waals surface area contributed by atoms with Crippen LogP contribution in [0.2, 0.25) is 0 Å².